The van der Waals surface area contributed by atoms with E-state index in [0.29, 0.717) is 40.7 Å². The van der Waals surface area contributed by atoms with Gasteiger partial charge >= 0.3 is 0 Å². The van der Waals surface area contributed by atoms with Crippen LogP contribution in [0.15, 0.2) is 85.2 Å². The van der Waals surface area contributed by atoms with Crippen LogP contribution in [0.2, 0.25) is 0 Å². The van der Waals surface area contributed by atoms with Crippen molar-refractivity contribution in [1.82, 2.24) is 19.9 Å². The van der Waals surface area contributed by atoms with Crippen LogP contribution in [0.4, 0.5) is 0 Å². The van der Waals surface area contributed by atoms with E-state index >= 15 is 0 Å². The zero-order chi connectivity index (χ0) is 28.1. The molecule has 3 aromatic carbocycles. The molecule has 40 heavy (non-hydrogen) atoms. The predicted molar refractivity (Wildman–Crippen MR) is 154 cm³/mol. The maximum Gasteiger partial charge on any atom is 0.254 e. The largest absolute Gasteiger partial charge is 0.493 e. The predicted octanol–water partition coefficient (Wildman–Crippen LogP) is 5.68. The highest BCUT2D eigenvalue weighted by Crippen LogP contribution is 2.41. The van der Waals surface area contributed by atoms with Gasteiger partial charge in [0.05, 0.1) is 38.8 Å². The molecule has 5 rings (SSSR count). The minimum Gasteiger partial charge on any atom is -0.493 e. The summed E-state index contributed by atoms with van der Waals surface area (Å²) in [6.07, 6.45) is 4.10. The Morgan fingerprint density at radius 2 is 1.48 bits per heavy atom. The molecule has 0 unspecified atom stereocenters. The summed E-state index contributed by atoms with van der Waals surface area (Å²) in [6.45, 7) is 2.38. The molecule has 0 atom stereocenters. The van der Waals surface area contributed by atoms with Crippen molar-refractivity contribution in [2.24, 2.45) is 0 Å². The first-order chi connectivity index (χ1) is 19.5. The van der Waals surface area contributed by atoms with Gasteiger partial charge in [0.1, 0.15) is 0 Å². The van der Waals surface area contributed by atoms with Crippen molar-refractivity contribution in [3.63, 3.8) is 0 Å². The first kappa shape index (κ1) is 26.7. The molecule has 0 saturated heterocycles. The van der Waals surface area contributed by atoms with Crippen LogP contribution in [-0.4, -0.2) is 48.4 Å². The van der Waals surface area contributed by atoms with E-state index in [0.717, 1.165) is 17.5 Å². The number of nitrogens with zero attached hydrogens (tertiary/aromatic N) is 3. The Morgan fingerprint density at radius 3 is 2.02 bits per heavy atom. The number of carbonyl (C=O) groups excluding carboxylic acids is 1. The summed E-state index contributed by atoms with van der Waals surface area (Å²) in [5, 5.41) is 7.63. The average Bonchev–Trinajstić information content (AvgIpc) is 3.44. The smallest absolute Gasteiger partial charge is 0.254 e. The Kier molecular flexibility index (Phi) is 7.96. The molecule has 1 amide bonds. The third kappa shape index (κ3) is 5.20. The Morgan fingerprint density at radius 1 is 0.875 bits per heavy atom. The van der Waals surface area contributed by atoms with Crippen molar-refractivity contribution in [1.29, 1.82) is 0 Å². The van der Waals surface area contributed by atoms with Gasteiger partial charge < -0.3 is 19.5 Å². The molecule has 8 heteroatoms. The van der Waals surface area contributed by atoms with E-state index in [-0.39, 0.29) is 11.8 Å². The van der Waals surface area contributed by atoms with Crippen LogP contribution in [0.3, 0.4) is 0 Å². The third-order valence-corrected chi connectivity index (χ3v) is 7.11. The summed E-state index contributed by atoms with van der Waals surface area (Å²) in [4.78, 5) is 17.9. The Bertz CT molecular complexity index is 1550. The highest BCUT2D eigenvalue weighted by molar-refractivity contribution is 5.95. The molecule has 0 fully saturated rings. The van der Waals surface area contributed by atoms with Crippen LogP contribution >= 0.6 is 0 Å². The molecule has 0 saturated carbocycles. The van der Waals surface area contributed by atoms with Crippen LogP contribution in [-0.2, 0) is 0 Å². The lowest BCUT2D eigenvalue weighted by atomic mass is 9.88. The van der Waals surface area contributed by atoms with Crippen LogP contribution in [0.5, 0.6) is 17.2 Å². The van der Waals surface area contributed by atoms with Crippen LogP contribution in [0.25, 0.3) is 16.8 Å². The summed E-state index contributed by atoms with van der Waals surface area (Å²) in [5.41, 5.74) is 5.82. The number of aromatic nitrogens is 3. The van der Waals surface area contributed by atoms with E-state index in [2.05, 4.69) is 39.7 Å². The molecule has 0 aliphatic heterocycles. The molecule has 2 heterocycles. The van der Waals surface area contributed by atoms with Gasteiger partial charge in [-0.2, -0.15) is 5.10 Å². The molecule has 1 N–H and O–H groups in total. The second kappa shape index (κ2) is 11.9. The fraction of sp³-hybridized carbons (Fsp3) is 0.219. The van der Waals surface area contributed by atoms with Crippen LogP contribution < -0.4 is 19.5 Å². The number of aryl methyl sites for hydroxylation is 1. The normalized spacial score (nSPS) is 11.0. The van der Waals surface area contributed by atoms with Gasteiger partial charge in [0.15, 0.2) is 17.1 Å². The van der Waals surface area contributed by atoms with Crippen molar-refractivity contribution in [3.8, 4) is 28.4 Å². The van der Waals surface area contributed by atoms with E-state index in [1.54, 1.807) is 38.2 Å². The van der Waals surface area contributed by atoms with E-state index in [9.17, 15) is 4.79 Å². The molecule has 0 spiro atoms. The lowest BCUT2D eigenvalue weighted by molar-refractivity contribution is 0.0951. The van der Waals surface area contributed by atoms with Gasteiger partial charge in [-0.25, -0.2) is 9.50 Å². The maximum atomic E-state index is 13.2. The molecule has 8 nitrogen and oxygen atoms in total. The third-order valence-electron chi connectivity index (χ3n) is 7.11. The summed E-state index contributed by atoms with van der Waals surface area (Å²) in [5.74, 6) is 1.57. The number of fused-ring (bicyclic) bond motifs is 1. The molecule has 204 valence electrons. The van der Waals surface area contributed by atoms with Crippen LogP contribution in [0.1, 0.15) is 39.5 Å². The lowest BCUT2D eigenvalue weighted by Crippen LogP contribution is -2.27. The molecular weight excluding hydrogens is 504 g/mol. The van der Waals surface area contributed by atoms with E-state index in [4.69, 9.17) is 14.2 Å². The van der Waals surface area contributed by atoms with E-state index < -0.39 is 0 Å². The second-order valence-electron chi connectivity index (χ2n) is 9.38. The van der Waals surface area contributed by atoms with Gasteiger partial charge in [-0.05, 0) is 42.2 Å². The van der Waals surface area contributed by atoms with Crippen LogP contribution in [0, 0.1) is 6.92 Å². The van der Waals surface area contributed by atoms with Crippen molar-refractivity contribution >= 4 is 11.6 Å². The van der Waals surface area contributed by atoms with Gasteiger partial charge in [-0.1, -0.05) is 60.7 Å². The number of carbonyl (C=O) groups is 1. The average molecular weight is 537 g/mol. The zero-order valence-corrected chi connectivity index (χ0v) is 23.0. The number of rotatable bonds is 10. The lowest BCUT2D eigenvalue weighted by Gasteiger charge is -2.18. The van der Waals surface area contributed by atoms with E-state index in [1.807, 2.05) is 55.5 Å². The molecule has 5 aromatic rings. The first-order valence-corrected chi connectivity index (χ1v) is 13.1. The highest BCUT2D eigenvalue weighted by Gasteiger charge is 2.20. The number of nitrogens with one attached hydrogen (secondary N) is 1. The number of amides is 1. The summed E-state index contributed by atoms with van der Waals surface area (Å²) < 4.78 is 18.1. The van der Waals surface area contributed by atoms with Crippen molar-refractivity contribution in [3.05, 3.63) is 108 Å². The summed E-state index contributed by atoms with van der Waals surface area (Å²) in [6, 6.07) is 24.4. The topological polar surface area (TPSA) is 87.0 Å². The number of hydrogen-bond acceptors (Lipinski definition) is 6. The maximum absolute atomic E-state index is 13.2. The van der Waals surface area contributed by atoms with Gasteiger partial charge in [0.25, 0.3) is 5.91 Å². The van der Waals surface area contributed by atoms with Gasteiger partial charge in [-0.3, -0.25) is 4.79 Å². The van der Waals surface area contributed by atoms with E-state index in [1.165, 1.54) is 11.1 Å². The van der Waals surface area contributed by atoms with Crippen molar-refractivity contribution in [2.75, 3.05) is 27.9 Å². The van der Waals surface area contributed by atoms with Crippen molar-refractivity contribution in [2.45, 2.75) is 19.3 Å². The monoisotopic (exact) mass is 536 g/mol. The molecule has 0 bridgehead atoms. The minimum atomic E-state index is -0.184. The number of hydrogen-bond donors (Lipinski definition) is 1. The second-order valence-corrected chi connectivity index (χ2v) is 9.38. The fourth-order valence-electron chi connectivity index (χ4n) is 5.03. The Hall–Kier alpha value is -4.85. The SMILES string of the molecule is COc1cc(-c2cnn3c(C)c(C(=O)NCCC(c4ccccc4)c4ccccc4)cnc23)cc(OC)c1OC. The fourth-order valence-corrected chi connectivity index (χ4v) is 5.03. The van der Waals surface area contributed by atoms with Crippen molar-refractivity contribution < 1.29 is 19.0 Å². The number of ether oxygens (including phenoxy) is 3. The number of benzene rings is 3. The quantitative estimate of drug-likeness (QED) is 0.247. The standard InChI is InChI=1S/C32H32N4O4/c1-21-26(32(37)33-16-15-25(22-11-7-5-8-12-22)23-13-9-6-10-14-23)19-34-31-27(20-35-36(21)31)24-17-28(38-2)30(40-4)29(18-24)39-3/h5-14,17-20,25H,15-16H2,1-4H3,(H,33,37). The molecular formula is C32H32N4O4. The summed E-state index contributed by atoms with van der Waals surface area (Å²) in [7, 11) is 4.72. The number of methoxy groups -OCH3 is 3. The molecule has 0 aliphatic rings. The zero-order valence-electron chi connectivity index (χ0n) is 23.0. The first-order valence-electron chi connectivity index (χ1n) is 13.1. The Labute approximate surface area is 233 Å². The van der Waals surface area contributed by atoms with Gasteiger partial charge in [0, 0.05) is 24.2 Å². The molecule has 0 aliphatic carbocycles. The van der Waals surface area contributed by atoms with Gasteiger partial charge in [0.2, 0.25) is 5.75 Å². The Balaban J connectivity index is 1.37. The molecule has 0 radical (unpaired) electrons. The highest BCUT2D eigenvalue weighted by atomic mass is 16.5. The minimum absolute atomic E-state index is 0.177. The summed E-state index contributed by atoms with van der Waals surface area (Å²) >= 11 is 0. The van der Waals surface area contributed by atoms with Gasteiger partial charge in [-0.15, -0.1) is 0 Å². The molecule has 2 aromatic heterocycles.